The van der Waals surface area contributed by atoms with Crippen molar-refractivity contribution in [3.05, 3.63) is 48.6 Å². The first-order valence-corrected chi connectivity index (χ1v) is 7.96. The Kier molecular flexibility index (Phi) is 3.98. The van der Waals surface area contributed by atoms with Crippen LogP contribution in [0, 0.1) is 11.6 Å². The van der Waals surface area contributed by atoms with Gasteiger partial charge in [-0.25, -0.2) is 13.8 Å². The van der Waals surface area contributed by atoms with Gasteiger partial charge in [0, 0.05) is 30.6 Å². The van der Waals surface area contributed by atoms with Crippen LogP contribution in [0.2, 0.25) is 0 Å². The third kappa shape index (κ3) is 2.41. The van der Waals surface area contributed by atoms with E-state index < -0.39 is 11.6 Å². The van der Waals surface area contributed by atoms with Gasteiger partial charge in [0.2, 0.25) is 0 Å². The maximum absolute atomic E-state index is 14.2. The molecule has 3 aromatic rings. The normalized spacial score (nSPS) is 11.1. The highest BCUT2D eigenvalue weighted by Crippen LogP contribution is 2.35. The Balaban J connectivity index is 2.29. The Morgan fingerprint density at radius 3 is 2.68 bits per heavy atom. The van der Waals surface area contributed by atoms with Gasteiger partial charge in [-0.3, -0.25) is 4.68 Å². The fourth-order valence-electron chi connectivity index (χ4n) is 2.34. The quantitative estimate of drug-likeness (QED) is 0.687. The van der Waals surface area contributed by atoms with Gasteiger partial charge >= 0.3 is 0 Å². The lowest BCUT2D eigenvalue weighted by atomic mass is 10.1. The van der Waals surface area contributed by atoms with E-state index in [1.165, 1.54) is 23.9 Å². The zero-order valence-corrected chi connectivity index (χ0v) is 12.9. The molecule has 0 radical (unpaired) electrons. The molecule has 0 bridgehead atoms. The summed E-state index contributed by atoms with van der Waals surface area (Å²) in [6.07, 6.45) is 7.01. The van der Waals surface area contributed by atoms with Crippen LogP contribution >= 0.6 is 11.8 Å². The summed E-state index contributed by atoms with van der Waals surface area (Å²) in [5.74, 6) is -1.24. The molecule has 0 fully saturated rings. The molecule has 114 valence electrons. The van der Waals surface area contributed by atoms with E-state index in [4.69, 9.17) is 0 Å². The van der Waals surface area contributed by atoms with Gasteiger partial charge in [0.1, 0.15) is 28.0 Å². The van der Waals surface area contributed by atoms with E-state index >= 15 is 0 Å². The van der Waals surface area contributed by atoms with Crippen LogP contribution in [0.25, 0.3) is 16.9 Å². The van der Waals surface area contributed by atoms with Gasteiger partial charge in [-0.05, 0) is 25.3 Å². The van der Waals surface area contributed by atoms with Crippen LogP contribution in [-0.4, -0.2) is 25.6 Å². The summed E-state index contributed by atoms with van der Waals surface area (Å²) in [5, 5.41) is 5.40. The van der Waals surface area contributed by atoms with Crippen molar-refractivity contribution in [3.63, 3.8) is 0 Å². The minimum atomic E-state index is -0.630. The van der Waals surface area contributed by atoms with Gasteiger partial charge in [-0.1, -0.05) is 0 Å². The summed E-state index contributed by atoms with van der Waals surface area (Å²) in [5.41, 5.74) is 1.49. The van der Waals surface area contributed by atoms with Crippen LogP contribution in [0.3, 0.4) is 0 Å². The lowest BCUT2D eigenvalue weighted by Crippen LogP contribution is -1.99. The molecule has 2 aromatic heterocycles. The molecule has 0 N–H and O–H groups in total. The highest BCUT2D eigenvalue weighted by molar-refractivity contribution is 7.98. The largest absolute Gasteiger partial charge is 0.302 e. The van der Waals surface area contributed by atoms with E-state index in [0.29, 0.717) is 12.2 Å². The lowest BCUT2D eigenvalue weighted by Gasteiger charge is -2.07. The molecule has 4 nitrogen and oxygen atoms in total. The van der Waals surface area contributed by atoms with Crippen molar-refractivity contribution in [1.82, 2.24) is 19.3 Å². The van der Waals surface area contributed by atoms with Crippen LogP contribution in [0.4, 0.5) is 8.78 Å². The standard InChI is InChI=1S/C15H14F2N4S/c1-3-21-15(22-2)14(20-7-6-18-9-20)13(19-21)11-5-4-10(16)8-12(11)17/h4-9H,3H2,1-2H3. The van der Waals surface area contributed by atoms with Crippen LogP contribution in [0.1, 0.15) is 6.92 Å². The van der Waals surface area contributed by atoms with Crippen molar-refractivity contribution >= 4 is 11.8 Å². The number of hydrogen-bond donors (Lipinski definition) is 0. The molecule has 7 heteroatoms. The van der Waals surface area contributed by atoms with Crippen molar-refractivity contribution in [1.29, 1.82) is 0 Å². The first-order valence-electron chi connectivity index (χ1n) is 6.74. The third-order valence-electron chi connectivity index (χ3n) is 3.32. The number of benzene rings is 1. The average Bonchev–Trinajstić information content (AvgIpc) is 3.13. The molecular weight excluding hydrogens is 306 g/mol. The molecule has 2 heterocycles. The monoisotopic (exact) mass is 320 g/mol. The van der Waals surface area contributed by atoms with Gasteiger partial charge in [0.25, 0.3) is 0 Å². The SMILES string of the molecule is CCn1nc(-c2ccc(F)cc2F)c(-n2ccnc2)c1SC. The maximum Gasteiger partial charge on any atom is 0.135 e. The van der Waals surface area contributed by atoms with E-state index in [1.54, 1.807) is 28.0 Å². The minimum absolute atomic E-state index is 0.271. The number of thioether (sulfide) groups is 1. The van der Waals surface area contributed by atoms with E-state index in [0.717, 1.165) is 16.8 Å². The van der Waals surface area contributed by atoms with Crippen molar-refractivity contribution in [3.8, 4) is 16.9 Å². The summed E-state index contributed by atoms with van der Waals surface area (Å²) in [6.45, 7) is 2.62. The molecule has 0 aliphatic carbocycles. The summed E-state index contributed by atoms with van der Waals surface area (Å²) in [7, 11) is 0. The van der Waals surface area contributed by atoms with Crippen LogP contribution in [0.5, 0.6) is 0 Å². The second-order valence-electron chi connectivity index (χ2n) is 4.62. The zero-order valence-electron chi connectivity index (χ0n) is 12.1. The summed E-state index contributed by atoms with van der Waals surface area (Å²) < 4.78 is 31.0. The van der Waals surface area contributed by atoms with E-state index in [1.807, 2.05) is 13.2 Å². The number of hydrogen-bond acceptors (Lipinski definition) is 3. The van der Waals surface area contributed by atoms with E-state index in [-0.39, 0.29) is 5.56 Å². The Hall–Kier alpha value is -2.15. The Morgan fingerprint density at radius 2 is 2.09 bits per heavy atom. The topological polar surface area (TPSA) is 35.6 Å². The zero-order chi connectivity index (χ0) is 15.7. The molecule has 22 heavy (non-hydrogen) atoms. The van der Waals surface area contributed by atoms with Gasteiger partial charge in [-0.15, -0.1) is 11.8 Å². The second kappa shape index (κ2) is 5.92. The molecule has 0 amide bonds. The van der Waals surface area contributed by atoms with Gasteiger partial charge in [0.05, 0.1) is 6.33 Å². The molecular formula is C15H14F2N4S. The first kappa shape index (κ1) is 14.8. The predicted octanol–water partition coefficient (Wildman–Crippen LogP) is 3.76. The molecule has 0 atom stereocenters. The fourth-order valence-corrected chi connectivity index (χ4v) is 3.12. The number of halogens is 2. The molecule has 0 unspecified atom stereocenters. The average molecular weight is 320 g/mol. The van der Waals surface area contributed by atoms with Gasteiger partial charge in [-0.2, -0.15) is 5.10 Å². The molecule has 0 saturated heterocycles. The van der Waals surface area contributed by atoms with Crippen molar-refractivity contribution in [2.45, 2.75) is 18.5 Å². The highest BCUT2D eigenvalue weighted by Gasteiger charge is 2.22. The first-order chi connectivity index (χ1) is 10.7. The third-order valence-corrected chi connectivity index (χ3v) is 4.11. The number of imidazole rings is 1. The van der Waals surface area contributed by atoms with Crippen LogP contribution in [0.15, 0.2) is 41.9 Å². The molecule has 3 rings (SSSR count). The summed E-state index contributed by atoms with van der Waals surface area (Å²) in [6, 6.07) is 3.52. The van der Waals surface area contributed by atoms with Crippen molar-refractivity contribution in [2.75, 3.05) is 6.26 Å². The van der Waals surface area contributed by atoms with Crippen molar-refractivity contribution in [2.24, 2.45) is 0 Å². The highest BCUT2D eigenvalue weighted by atomic mass is 32.2. The van der Waals surface area contributed by atoms with E-state index in [2.05, 4.69) is 10.1 Å². The molecule has 0 saturated carbocycles. The Labute approximate surface area is 130 Å². The van der Waals surface area contributed by atoms with Gasteiger partial charge < -0.3 is 4.57 Å². The second-order valence-corrected chi connectivity index (χ2v) is 5.41. The number of aromatic nitrogens is 4. The number of rotatable bonds is 4. The van der Waals surface area contributed by atoms with Gasteiger partial charge in [0.15, 0.2) is 0 Å². The minimum Gasteiger partial charge on any atom is -0.302 e. The lowest BCUT2D eigenvalue weighted by molar-refractivity contribution is 0.583. The molecule has 0 aliphatic rings. The van der Waals surface area contributed by atoms with E-state index in [9.17, 15) is 8.78 Å². The Bertz CT molecular complexity index is 796. The maximum atomic E-state index is 14.2. The molecule has 0 aliphatic heterocycles. The summed E-state index contributed by atoms with van der Waals surface area (Å²) >= 11 is 1.52. The fraction of sp³-hybridized carbons (Fsp3) is 0.200. The molecule has 1 aromatic carbocycles. The molecule has 0 spiro atoms. The predicted molar refractivity (Wildman–Crippen MR) is 82.2 cm³/mol. The van der Waals surface area contributed by atoms with Crippen LogP contribution in [-0.2, 0) is 6.54 Å². The smallest absolute Gasteiger partial charge is 0.135 e. The number of aryl methyl sites for hydroxylation is 1. The Morgan fingerprint density at radius 1 is 1.27 bits per heavy atom. The van der Waals surface area contributed by atoms with Crippen molar-refractivity contribution < 1.29 is 8.78 Å². The summed E-state index contributed by atoms with van der Waals surface area (Å²) in [4.78, 5) is 4.04. The number of nitrogens with zero attached hydrogens (tertiary/aromatic N) is 4. The van der Waals surface area contributed by atoms with Crippen LogP contribution < -0.4 is 0 Å².